The van der Waals surface area contributed by atoms with Crippen molar-refractivity contribution >= 4 is 27.9 Å². The Labute approximate surface area is 150 Å². The predicted molar refractivity (Wildman–Crippen MR) is 96.6 cm³/mol. The van der Waals surface area contributed by atoms with Gasteiger partial charge in [-0.3, -0.25) is 4.79 Å². The molecule has 24 heavy (non-hydrogen) atoms. The third-order valence-electron chi connectivity index (χ3n) is 4.43. The summed E-state index contributed by atoms with van der Waals surface area (Å²) < 4.78 is 11.8. The largest absolute Gasteiger partial charge is 0.465 e. The van der Waals surface area contributed by atoms with E-state index >= 15 is 0 Å². The summed E-state index contributed by atoms with van der Waals surface area (Å²) in [5.74, 6) is 0.546. The molecule has 1 aromatic carbocycles. The van der Waals surface area contributed by atoms with Crippen LogP contribution in [0.4, 0.5) is 0 Å². The van der Waals surface area contributed by atoms with Crippen molar-refractivity contribution in [2.24, 2.45) is 0 Å². The smallest absolute Gasteiger partial charge is 0.244 e. The molecule has 1 fully saturated rings. The van der Waals surface area contributed by atoms with Gasteiger partial charge in [-0.2, -0.15) is 0 Å². The van der Waals surface area contributed by atoms with Crippen molar-refractivity contribution in [3.05, 3.63) is 64.5 Å². The van der Waals surface area contributed by atoms with Gasteiger partial charge in [0.2, 0.25) is 5.91 Å². The fraction of sp³-hybridized carbons (Fsp3) is 0.316. The fourth-order valence-corrected chi connectivity index (χ4v) is 3.41. The molecule has 2 heterocycles. The van der Waals surface area contributed by atoms with Crippen LogP contribution in [0.25, 0.3) is 6.08 Å². The quantitative estimate of drug-likeness (QED) is 0.788. The molecule has 0 radical (unpaired) electrons. The maximum Gasteiger partial charge on any atom is 0.244 e. The molecular weight excluding hydrogens is 370 g/mol. The Hall–Kier alpha value is -1.85. The second-order valence-electron chi connectivity index (χ2n) is 5.97. The normalized spacial score (nSPS) is 17.0. The van der Waals surface area contributed by atoms with Crippen LogP contribution in [0.5, 0.6) is 0 Å². The molecule has 2 aromatic rings. The standard InChI is InChI=1S/C19H20BrNO3/c20-16-4-1-3-15(13-16)19(8-11-23-12-9-19)14-21-18(22)7-6-17-5-2-10-24-17/h1-7,10,13H,8-9,11-12,14H2,(H,21,22)/b7-6+. The second kappa shape index (κ2) is 7.81. The summed E-state index contributed by atoms with van der Waals surface area (Å²) in [6.07, 6.45) is 6.55. The molecule has 3 rings (SSSR count). The molecule has 1 aliphatic heterocycles. The molecule has 126 valence electrons. The van der Waals surface area contributed by atoms with Crippen LogP contribution in [-0.2, 0) is 14.9 Å². The minimum absolute atomic E-state index is 0.0871. The Bertz CT molecular complexity index is 703. The van der Waals surface area contributed by atoms with E-state index in [4.69, 9.17) is 9.15 Å². The molecule has 0 atom stereocenters. The van der Waals surface area contributed by atoms with Gasteiger partial charge in [0.25, 0.3) is 0 Å². The molecule has 4 nitrogen and oxygen atoms in total. The van der Waals surface area contributed by atoms with E-state index in [1.54, 1.807) is 18.4 Å². The van der Waals surface area contributed by atoms with E-state index in [0.717, 1.165) is 17.3 Å². The lowest BCUT2D eigenvalue weighted by Gasteiger charge is -2.38. The number of ether oxygens (including phenoxy) is 1. The first-order chi connectivity index (χ1) is 11.7. The van der Waals surface area contributed by atoms with Gasteiger partial charge in [-0.1, -0.05) is 28.1 Å². The van der Waals surface area contributed by atoms with Gasteiger partial charge in [0.15, 0.2) is 0 Å². The molecule has 0 unspecified atom stereocenters. The van der Waals surface area contributed by atoms with Crippen molar-refractivity contribution in [3.63, 3.8) is 0 Å². The minimum Gasteiger partial charge on any atom is -0.465 e. The molecule has 1 N–H and O–H groups in total. The van der Waals surface area contributed by atoms with Crippen molar-refractivity contribution in [1.29, 1.82) is 0 Å². The molecule has 0 aliphatic carbocycles. The highest BCUT2D eigenvalue weighted by atomic mass is 79.9. The van der Waals surface area contributed by atoms with Gasteiger partial charge < -0.3 is 14.5 Å². The van der Waals surface area contributed by atoms with Crippen molar-refractivity contribution in [1.82, 2.24) is 5.32 Å². The van der Waals surface area contributed by atoms with E-state index < -0.39 is 0 Å². The maximum absolute atomic E-state index is 12.1. The number of rotatable bonds is 5. The number of benzene rings is 1. The van der Waals surface area contributed by atoms with Crippen LogP contribution in [-0.4, -0.2) is 25.7 Å². The maximum atomic E-state index is 12.1. The molecule has 1 amide bonds. The van der Waals surface area contributed by atoms with Gasteiger partial charge >= 0.3 is 0 Å². The Morgan fingerprint density at radius 1 is 1.25 bits per heavy atom. The lowest BCUT2D eigenvalue weighted by Crippen LogP contribution is -2.44. The highest BCUT2D eigenvalue weighted by Gasteiger charge is 2.34. The van der Waals surface area contributed by atoms with Crippen molar-refractivity contribution < 1.29 is 13.9 Å². The number of amides is 1. The Kier molecular flexibility index (Phi) is 5.53. The summed E-state index contributed by atoms with van der Waals surface area (Å²) in [6, 6.07) is 11.9. The van der Waals surface area contributed by atoms with E-state index in [1.807, 2.05) is 18.2 Å². The highest BCUT2D eigenvalue weighted by Crippen LogP contribution is 2.35. The first kappa shape index (κ1) is 17.0. The van der Waals surface area contributed by atoms with Crippen LogP contribution in [0.3, 0.4) is 0 Å². The van der Waals surface area contributed by atoms with E-state index in [1.165, 1.54) is 11.6 Å². The van der Waals surface area contributed by atoms with Crippen molar-refractivity contribution in [3.8, 4) is 0 Å². The number of furan rings is 1. The SMILES string of the molecule is O=C(/C=C/c1ccco1)NCC1(c2cccc(Br)c2)CCOCC1. The van der Waals surface area contributed by atoms with Gasteiger partial charge in [-0.15, -0.1) is 0 Å². The second-order valence-corrected chi connectivity index (χ2v) is 6.89. The number of carbonyl (C=O) groups is 1. The molecule has 1 saturated heterocycles. The molecule has 0 saturated carbocycles. The first-order valence-corrected chi connectivity index (χ1v) is 8.80. The summed E-state index contributed by atoms with van der Waals surface area (Å²) in [5.41, 5.74) is 1.14. The molecule has 1 aromatic heterocycles. The van der Waals surface area contributed by atoms with Crippen molar-refractivity contribution in [2.75, 3.05) is 19.8 Å². The first-order valence-electron chi connectivity index (χ1n) is 8.01. The zero-order chi connectivity index (χ0) is 16.8. The minimum atomic E-state index is -0.118. The topological polar surface area (TPSA) is 51.5 Å². The predicted octanol–water partition coefficient (Wildman–Crippen LogP) is 3.92. The average Bonchev–Trinajstić information content (AvgIpc) is 3.12. The molecule has 1 aliphatic rings. The van der Waals surface area contributed by atoms with Crippen LogP contribution in [0.15, 0.2) is 57.6 Å². The lowest BCUT2D eigenvalue weighted by molar-refractivity contribution is -0.116. The van der Waals surface area contributed by atoms with Crippen LogP contribution in [0, 0.1) is 0 Å². The van der Waals surface area contributed by atoms with E-state index in [9.17, 15) is 4.79 Å². The zero-order valence-electron chi connectivity index (χ0n) is 13.3. The Morgan fingerprint density at radius 2 is 2.08 bits per heavy atom. The fourth-order valence-electron chi connectivity index (χ4n) is 3.01. The number of nitrogens with one attached hydrogen (secondary N) is 1. The lowest BCUT2D eigenvalue weighted by atomic mass is 9.74. The molecule has 0 bridgehead atoms. The summed E-state index contributed by atoms with van der Waals surface area (Å²) in [4.78, 5) is 12.1. The van der Waals surface area contributed by atoms with Crippen LogP contribution >= 0.6 is 15.9 Å². The van der Waals surface area contributed by atoms with Crippen LogP contribution in [0.2, 0.25) is 0 Å². The van der Waals surface area contributed by atoms with Gasteiger partial charge in [-0.25, -0.2) is 0 Å². The van der Waals surface area contributed by atoms with Crippen LogP contribution in [0.1, 0.15) is 24.2 Å². The number of hydrogen-bond acceptors (Lipinski definition) is 3. The Morgan fingerprint density at radius 3 is 2.79 bits per heavy atom. The van der Waals surface area contributed by atoms with Gasteiger partial charge in [0.05, 0.1) is 6.26 Å². The van der Waals surface area contributed by atoms with E-state index in [0.29, 0.717) is 25.5 Å². The van der Waals surface area contributed by atoms with E-state index in [2.05, 4.69) is 33.4 Å². The van der Waals surface area contributed by atoms with E-state index in [-0.39, 0.29) is 11.3 Å². The zero-order valence-corrected chi connectivity index (χ0v) is 14.9. The molecule has 5 heteroatoms. The Balaban J connectivity index is 1.69. The number of hydrogen-bond donors (Lipinski definition) is 1. The number of carbonyl (C=O) groups excluding carboxylic acids is 1. The summed E-state index contributed by atoms with van der Waals surface area (Å²) in [7, 11) is 0. The highest BCUT2D eigenvalue weighted by molar-refractivity contribution is 9.10. The van der Waals surface area contributed by atoms with Crippen LogP contribution < -0.4 is 5.32 Å². The average molecular weight is 390 g/mol. The summed E-state index contributed by atoms with van der Waals surface area (Å²) in [5, 5.41) is 3.04. The summed E-state index contributed by atoms with van der Waals surface area (Å²) >= 11 is 3.54. The van der Waals surface area contributed by atoms with Gasteiger partial charge in [0.1, 0.15) is 5.76 Å². The third-order valence-corrected chi connectivity index (χ3v) is 4.92. The number of halogens is 1. The molecule has 0 spiro atoms. The van der Waals surface area contributed by atoms with Crippen molar-refractivity contribution in [2.45, 2.75) is 18.3 Å². The van der Waals surface area contributed by atoms with Gasteiger partial charge in [-0.05, 0) is 48.7 Å². The molecular formula is C19H20BrNO3. The summed E-state index contributed by atoms with van der Waals surface area (Å²) in [6.45, 7) is 2.02. The monoisotopic (exact) mass is 389 g/mol. The van der Waals surface area contributed by atoms with Gasteiger partial charge in [0, 0.05) is 35.7 Å². The third kappa shape index (κ3) is 4.16.